The van der Waals surface area contributed by atoms with Gasteiger partial charge in [0.25, 0.3) is 5.91 Å². The van der Waals surface area contributed by atoms with E-state index in [2.05, 4.69) is 0 Å². The molecule has 0 atom stereocenters. The predicted octanol–water partition coefficient (Wildman–Crippen LogP) is 0.851. The first-order valence-corrected chi connectivity index (χ1v) is 11.4. The van der Waals surface area contributed by atoms with Gasteiger partial charge in [-0.3, -0.25) is 4.79 Å². The Bertz CT molecular complexity index is 953. The van der Waals surface area contributed by atoms with Crippen LogP contribution in [0.25, 0.3) is 0 Å². The Morgan fingerprint density at radius 3 is 2.31 bits per heavy atom. The summed E-state index contributed by atoms with van der Waals surface area (Å²) >= 11 is 0. The molecule has 1 N–H and O–H groups in total. The van der Waals surface area contributed by atoms with E-state index in [9.17, 15) is 13.2 Å². The summed E-state index contributed by atoms with van der Waals surface area (Å²) in [6.45, 7) is 7.00. The molecule has 0 spiro atoms. The number of carbonyl (C=O) groups is 1. The van der Waals surface area contributed by atoms with E-state index in [-0.39, 0.29) is 5.91 Å². The maximum Gasteiger partial charge on any atom is 0.277 e. The van der Waals surface area contributed by atoms with Crippen molar-refractivity contribution in [2.75, 3.05) is 39.8 Å². The number of quaternary nitrogens is 1. The summed E-state index contributed by atoms with van der Waals surface area (Å²) in [5.41, 5.74) is 3.15. The van der Waals surface area contributed by atoms with Crippen molar-refractivity contribution in [3.8, 4) is 0 Å². The maximum absolute atomic E-state index is 12.9. The lowest BCUT2D eigenvalue weighted by Crippen LogP contribution is -3.15. The predicted molar refractivity (Wildman–Crippen MR) is 113 cm³/mol. The van der Waals surface area contributed by atoms with Crippen LogP contribution < -0.4 is 4.90 Å². The van der Waals surface area contributed by atoms with Gasteiger partial charge in [0.15, 0.2) is 6.54 Å². The minimum atomic E-state index is -3.49. The van der Waals surface area contributed by atoms with Gasteiger partial charge >= 0.3 is 0 Å². The third-order valence-corrected chi connectivity index (χ3v) is 7.53. The summed E-state index contributed by atoms with van der Waals surface area (Å²) in [6.07, 6.45) is 0. The highest BCUT2D eigenvalue weighted by atomic mass is 32.2. The highest BCUT2D eigenvalue weighted by Gasteiger charge is 2.31. The molecule has 1 fully saturated rings. The number of carbonyl (C=O) groups excluding carboxylic acids is 1. The summed E-state index contributed by atoms with van der Waals surface area (Å²) < 4.78 is 27.4. The molecule has 156 valence electrons. The van der Waals surface area contributed by atoms with E-state index in [4.69, 9.17) is 0 Å². The van der Waals surface area contributed by atoms with E-state index in [1.807, 2.05) is 57.3 Å². The van der Waals surface area contributed by atoms with Crippen molar-refractivity contribution < 1.29 is 18.1 Å². The molecular formula is C22H30N3O3S+. The van der Waals surface area contributed by atoms with Gasteiger partial charge in [0.1, 0.15) is 0 Å². The lowest BCUT2D eigenvalue weighted by Gasteiger charge is -2.32. The smallest absolute Gasteiger partial charge is 0.277 e. The molecule has 1 amide bonds. The number of sulfonamides is 1. The van der Waals surface area contributed by atoms with E-state index in [0.717, 1.165) is 21.6 Å². The molecule has 7 heteroatoms. The van der Waals surface area contributed by atoms with Crippen molar-refractivity contribution in [1.82, 2.24) is 9.21 Å². The highest BCUT2D eigenvalue weighted by molar-refractivity contribution is 7.89. The summed E-state index contributed by atoms with van der Waals surface area (Å²) in [6, 6.07) is 15.2. The lowest BCUT2D eigenvalue weighted by molar-refractivity contribution is -0.896. The van der Waals surface area contributed by atoms with Gasteiger partial charge in [0, 0.05) is 13.6 Å². The van der Waals surface area contributed by atoms with Gasteiger partial charge in [-0.15, -0.1) is 0 Å². The molecule has 1 saturated heterocycles. The molecule has 2 aromatic carbocycles. The van der Waals surface area contributed by atoms with Gasteiger partial charge in [0.05, 0.1) is 31.1 Å². The average molecular weight is 417 g/mol. The van der Waals surface area contributed by atoms with Crippen LogP contribution in [0.5, 0.6) is 0 Å². The Morgan fingerprint density at radius 1 is 1.03 bits per heavy atom. The van der Waals surface area contributed by atoms with Crippen molar-refractivity contribution in [3.63, 3.8) is 0 Å². The van der Waals surface area contributed by atoms with Crippen LogP contribution in [-0.2, 0) is 21.4 Å². The SMILES string of the molecule is Cc1ccc(S(=O)(=O)N2CC[NH+](CC(=O)N(C)Cc3ccccc3)CC2)cc1C. The largest absolute Gasteiger partial charge is 0.337 e. The number of aryl methyl sites for hydroxylation is 2. The number of benzene rings is 2. The van der Waals surface area contributed by atoms with Crippen LogP contribution in [0, 0.1) is 13.8 Å². The fraction of sp³-hybridized carbons (Fsp3) is 0.409. The van der Waals surface area contributed by atoms with Crippen molar-refractivity contribution in [2.45, 2.75) is 25.3 Å². The number of piperazine rings is 1. The molecule has 3 rings (SSSR count). The second kappa shape index (κ2) is 9.07. The molecule has 0 saturated carbocycles. The van der Waals surface area contributed by atoms with E-state index in [1.165, 1.54) is 0 Å². The van der Waals surface area contributed by atoms with Crippen LogP contribution in [0.1, 0.15) is 16.7 Å². The highest BCUT2D eigenvalue weighted by Crippen LogP contribution is 2.19. The van der Waals surface area contributed by atoms with Gasteiger partial charge in [0.2, 0.25) is 10.0 Å². The van der Waals surface area contributed by atoms with Gasteiger partial charge < -0.3 is 9.80 Å². The molecule has 6 nitrogen and oxygen atoms in total. The monoisotopic (exact) mass is 416 g/mol. The number of nitrogens with zero attached hydrogens (tertiary/aromatic N) is 2. The zero-order valence-electron chi connectivity index (χ0n) is 17.4. The third kappa shape index (κ3) is 5.23. The summed E-state index contributed by atoms with van der Waals surface area (Å²) in [7, 11) is -1.67. The van der Waals surface area contributed by atoms with Crippen LogP contribution in [0.4, 0.5) is 0 Å². The van der Waals surface area contributed by atoms with Gasteiger partial charge in [-0.05, 0) is 42.7 Å². The van der Waals surface area contributed by atoms with Crippen LogP contribution in [0.2, 0.25) is 0 Å². The Morgan fingerprint density at radius 2 is 1.69 bits per heavy atom. The molecule has 0 bridgehead atoms. The van der Waals surface area contributed by atoms with Crippen LogP contribution in [0.15, 0.2) is 53.4 Å². The van der Waals surface area contributed by atoms with Gasteiger partial charge in [-0.2, -0.15) is 4.31 Å². The first-order valence-electron chi connectivity index (χ1n) is 9.96. The van der Waals surface area contributed by atoms with Crippen LogP contribution in [-0.4, -0.2) is 63.3 Å². The fourth-order valence-corrected chi connectivity index (χ4v) is 5.06. The van der Waals surface area contributed by atoms with Crippen molar-refractivity contribution >= 4 is 15.9 Å². The van der Waals surface area contributed by atoms with E-state index in [0.29, 0.717) is 44.2 Å². The van der Waals surface area contributed by atoms with Crippen molar-refractivity contribution in [2.24, 2.45) is 0 Å². The Kier molecular flexibility index (Phi) is 6.72. The zero-order chi connectivity index (χ0) is 21.0. The maximum atomic E-state index is 12.9. The Labute approximate surface area is 173 Å². The van der Waals surface area contributed by atoms with E-state index >= 15 is 0 Å². The standard InChI is InChI=1S/C22H29N3O3S/c1-18-9-10-21(15-19(18)2)29(27,28)25-13-11-24(12-14-25)17-22(26)23(3)16-20-7-5-4-6-8-20/h4-10,15H,11-14,16-17H2,1-3H3/p+1. The van der Waals surface area contributed by atoms with E-state index in [1.54, 1.807) is 21.3 Å². The third-order valence-electron chi connectivity index (χ3n) is 5.64. The number of hydrogen-bond acceptors (Lipinski definition) is 3. The molecule has 29 heavy (non-hydrogen) atoms. The molecule has 0 aromatic heterocycles. The van der Waals surface area contributed by atoms with Crippen LogP contribution >= 0.6 is 0 Å². The zero-order valence-corrected chi connectivity index (χ0v) is 18.2. The van der Waals surface area contributed by atoms with E-state index < -0.39 is 10.0 Å². The molecule has 1 aliphatic rings. The number of hydrogen-bond donors (Lipinski definition) is 1. The average Bonchev–Trinajstić information content (AvgIpc) is 2.71. The van der Waals surface area contributed by atoms with Gasteiger partial charge in [-0.1, -0.05) is 36.4 Å². The van der Waals surface area contributed by atoms with Crippen molar-refractivity contribution in [3.05, 3.63) is 65.2 Å². The second-order valence-electron chi connectivity index (χ2n) is 7.81. The fourth-order valence-electron chi connectivity index (χ4n) is 3.54. The minimum Gasteiger partial charge on any atom is -0.337 e. The Balaban J connectivity index is 1.54. The topological polar surface area (TPSA) is 62.1 Å². The molecule has 1 aliphatic heterocycles. The quantitative estimate of drug-likeness (QED) is 0.760. The first kappa shape index (κ1) is 21.5. The molecule has 0 radical (unpaired) electrons. The summed E-state index contributed by atoms with van der Waals surface area (Å²) in [5, 5.41) is 0. The number of likely N-dealkylation sites (N-methyl/N-ethyl adjacent to an activating group) is 1. The molecular weight excluding hydrogens is 386 g/mol. The summed E-state index contributed by atoms with van der Waals surface area (Å²) in [5.74, 6) is 0.0781. The van der Waals surface area contributed by atoms with Gasteiger partial charge in [-0.25, -0.2) is 8.42 Å². The minimum absolute atomic E-state index is 0.0781. The molecule has 0 unspecified atom stereocenters. The number of rotatable bonds is 6. The molecule has 1 heterocycles. The van der Waals surface area contributed by atoms with Crippen molar-refractivity contribution in [1.29, 1.82) is 0 Å². The van der Waals surface area contributed by atoms with Crippen LogP contribution in [0.3, 0.4) is 0 Å². The normalized spacial score (nSPS) is 16.0. The second-order valence-corrected chi connectivity index (χ2v) is 9.75. The number of amides is 1. The lowest BCUT2D eigenvalue weighted by atomic mass is 10.1. The molecule has 2 aromatic rings. The molecule has 0 aliphatic carbocycles. The Hall–Kier alpha value is -2.22. The number of nitrogens with one attached hydrogen (secondary N) is 1. The summed E-state index contributed by atoms with van der Waals surface area (Å²) in [4.78, 5) is 15.8. The first-order chi connectivity index (χ1) is 13.8.